The minimum absolute atomic E-state index is 0.252. The van der Waals surface area contributed by atoms with Crippen LogP contribution in [0.5, 0.6) is 5.75 Å². The molecule has 0 amide bonds. The Morgan fingerprint density at radius 3 is 2.37 bits per heavy atom. The van der Waals surface area contributed by atoms with Gasteiger partial charge in [0.05, 0.1) is 13.4 Å². The highest BCUT2D eigenvalue weighted by atomic mass is 19.1. The van der Waals surface area contributed by atoms with Gasteiger partial charge in [0.2, 0.25) is 0 Å². The van der Waals surface area contributed by atoms with Gasteiger partial charge in [0.15, 0.2) is 0 Å². The Kier molecular flexibility index (Phi) is 6.29. The van der Waals surface area contributed by atoms with Crippen molar-refractivity contribution in [2.45, 2.75) is 31.5 Å². The summed E-state index contributed by atoms with van der Waals surface area (Å²) in [7, 11) is 5.40. The summed E-state index contributed by atoms with van der Waals surface area (Å²) in [4.78, 5) is 6.00. The lowest BCUT2D eigenvalue weighted by atomic mass is 9.83. The van der Waals surface area contributed by atoms with Crippen molar-refractivity contribution < 1.29 is 14.2 Å². The highest BCUT2D eigenvalue weighted by molar-refractivity contribution is 5.49. The third-order valence-corrected chi connectivity index (χ3v) is 5.03. The van der Waals surface area contributed by atoms with Crippen LogP contribution in [0.3, 0.4) is 0 Å². The topological polar surface area (TPSA) is 50.5 Å². The van der Waals surface area contributed by atoms with E-state index >= 15 is 0 Å². The fourth-order valence-electron chi connectivity index (χ4n) is 3.78. The second kappa shape index (κ2) is 8.58. The Balaban J connectivity index is 2.09. The van der Waals surface area contributed by atoms with E-state index in [2.05, 4.69) is 4.98 Å². The van der Waals surface area contributed by atoms with Crippen LogP contribution >= 0.6 is 0 Å². The molecule has 1 N–H and O–H groups in total. The lowest BCUT2D eigenvalue weighted by Gasteiger charge is -2.34. The van der Waals surface area contributed by atoms with E-state index in [0.29, 0.717) is 17.9 Å². The summed E-state index contributed by atoms with van der Waals surface area (Å²) in [5.41, 5.74) is 0.427. The SMILES string of the molecule is COc1ccc(CC(C)(C)F)cc1C(O)(CN(C)C)c1ccc(-n2ccnc2)cc1. The van der Waals surface area contributed by atoms with Gasteiger partial charge in [-0.2, -0.15) is 0 Å². The van der Waals surface area contributed by atoms with Crippen molar-refractivity contribution in [1.82, 2.24) is 14.5 Å². The lowest BCUT2D eigenvalue weighted by molar-refractivity contribution is 0.0489. The first-order valence-electron chi connectivity index (χ1n) is 9.95. The second-order valence-electron chi connectivity index (χ2n) is 8.54. The Hall–Kier alpha value is -2.70. The molecular weight excluding hydrogens is 381 g/mol. The highest BCUT2D eigenvalue weighted by Crippen LogP contribution is 2.38. The summed E-state index contributed by atoms with van der Waals surface area (Å²) < 4.78 is 21.8. The van der Waals surface area contributed by atoms with E-state index in [1.807, 2.05) is 66.2 Å². The molecule has 0 aliphatic carbocycles. The average Bonchev–Trinajstić information content (AvgIpc) is 3.21. The van der Waals surface area contributed by atoms with Crippen molar-refractivity contribution in [3.63, 3.8) is 0 Å². The van der Waals surface area contributed by atoms with Crippen LogP contribution in [0.1, 0.15) is 30.5 Å². The minimum atomic E-state index is -1.35. The van der Waals surface area contributed by atoms with Crippen molar-refractivity contribution in [3.05, 3.63) is 77.9 Å². The maximum absolute atomic E-state index is 14.3. The fourth-order valence-corrected chi connectivity index (χ4v) is 3.78. The first kappa shape index (κ1) is 22.0. The van der Waals surface area contributed by atoms with E-state index in [0.717, 1.165) is 16.8 Å². The predicted octanol–water partition coefficient (Wildman–Crippen LogP) is 3.97. The van der Waals surface area contributed by atoms with E-state index in [9.17, 15) is 9.50 Å². The Labute approximate surface area is 177 Å². The number of imidazole rings is 1. The van der Waals surface area contributed by atoms with E-state index in [4.69, 9.17) is 4.74 Å². The van der Waals surface area contributed by atoms with E-state index < -0.39 is 11.3 Å². The van der Waals surface area contributed by atoms with E-state index in [1.165, 1.54) is 0 Å². The van der Waals surface area contributed by atoms with Crippen molar-refractivity contribution in [1.29, 1.82) is 0 Å². The zero-order valence-electron chi connectivity index (χ0n) is 18.3. The zero-order chi connectivity index (χ0) is 21.9. The van der Waals surface area contributed by atoms with Crippen LogP contribution in [0, 0.1) is 0 Å². The number of methoxy groups -OCH3 is 1. The smallest absolute Gasteiger partial charge is 0.131 e. The Morgan fingerprint density at radius 2 is 1.83 bits per heavy atom. The highest BCUT2D eigenvalue weighted by Gasteiger charge is 2.35. The third kappa shape index (κ3) is 4.89. The summed E-state index contributed by atoms with van der Waals surface area (Å²) in [6, 6.07) is 13.2. The van der Waals surface area contributed by atoms with Gasteiger partial charge in [-0.25, -0.2) is 9.37 Å². The van der Waals surface area contributed by atoms with Crippen LogP contribution < -0.4 is 4.74 Å². The zero-order valence-corrected chi connectivity index (χ0v) is 18.3. The van der Waals surface area contributed by atoms with Gasteiger partial charge in [-0.05, 0) is 63.3 Å². The molecule has 1 atom stereocenters. The molecule has 0 fully saturated rings. The largest absolute Gasteiger partial charge is 0.496 e. The number of halogens is 1. The van der Waals surface area contributed by atoms with Gasteiger partial charge >= 0.3 is 0 Å². The van der Waals surface area contributed by atoms with Gasteiger partial charge in [0, 0.05) is 36.6 Å². The molecule has 0 saturated heterocycles. The number of nitrogens with zero attached hydrogens (tertiary/aromatic N) is 3. The van der Waals surface area contributed by atoms with Crippen LogP contribution in [0.2, 0.25) is 0 Å². The summed E-state index contributed by atoms with van der Waals surface area (Å²) in [6.07, 6.45) is 5.57. The van der Waals surface area contributed by atoms with E-state index in [1.54, 1.807) is 39.5 Å². The number of likely N-dealkylation sites (N-methyl/N-ethyl adjacent to an activating group) is 1. The van der Waals surface area contributed by atoms with Gasteiger partial charge in [-0.3, -0.25) is 0 Å². The number of rotatable bonds is 8. The maximum atomic E-state index is 14.3. The first-order chi connectivity index (χ1) is 14.1. The quantitative estimate of drug-likeness (QED) is 0.609. The molecule has 5 nitrogen and oxygen atoms in total. The maximum Gasteiger partial charge on any atom is 0.131 e. The fraction of sp³-hybridized carbons (Fsp3) is 0.375. The van der Waals surface area contributed by atoms with Gasteiger partial charge in [0.25, 0.3) is 0 Å². The number of aliphatic hydroxyl groups is 1. The molecule has 0 bridgehead atoms. The molecule has 3 aromatic rings. The summed E-state index contributed by atoms with van der Waals surface area (Å²) in [6.45, 7) is 3.45. The molecule has 0 saturated carbocycles. The molecule has 2 aromatic carbocycles. The molecular formula is C24H30FN3O2. The van der Waals surface area contributed by atoms with Crippen molar-refractivity contribution in [2.24, 2.45) is 0 Å². The van der Waals surface area contributed by atoms with Crippen molar-refractivity contribution in [2.75, 3.05) is 27.7 Å². The summed E-state index contributed by atoms with van der Waals surface area (Å²) in [5, 5.41) is 11.9. The molecule has 1 aromatic heterocycles. The molecule has 30 heavy (non-hydrogen) atoms. The third-order valence-electron chi connectivity index (χ3n) is 5.03. The van der Waals surface area contributed by atoms with Crippen LogP contribution in [0.15, 0.2) is 61.2 Å². The molecule has 160 valence electrons. The van der Waals surface area contributed by atoms with Crippen LogP contribution in [0.4, 0.5) is 4.39 Å². The Morgan fingerprint density at radius 1 is 1.13 bits per heavy atom. The lowest BCUT2D eigenvalue weighted by Crippen LogP contribution is -2.39. The monoisotopic (exact) mass is 411 g/mol. The number of hydrogen-bond donors (Lipinski definition) is 1. The molecule has 3 rings (SSSR count). The number of benzene rings is 2. The second-order valence-corrected chi connectivity index (χ2v) is 8.54. The molecule has 0 aliphatic heterocycles. The summed E-state index contributed by atoms with van der Waals surface area (Å²) >= 11 is 0. The van der Waals surface area contributed by atoms with Gasteiger partial charge < -0.3 is 19.3 Å². The normalized spacial score (nSPS) is 14.0. The standard InChI is InChI=1S/C24H30FN3O2/c1-23(2,25)15-18-6-11-22(30-5)21(14-18)24(29,16-27(3)4)19-7-9-20(10-8-19)28-13-12-26-17-28/h6-14,17,29H,15-16H2,1-5H3. The molecule has 0 spiro atoms. The summed E-state index contributed by atoms with van der Waals surface area (Å²) in [5.74, 6) is 0.568. The first-order valence-corrected chi connectivity index (χ1v) is 9.95. The number of hydrogen-bond acceptors (Lipinski definition) is 4. The van der Waals surface area contributed by atoms with Crippen LogP contribution in [-0.4, -0.2) is 53.0 Å². The van der Waals surface area contributed by atoms with Crippen molar-refractivity contribution in [3.8, 4) is 11.4 Å². The minimum Gasteiger partial charge on any atom is -0.496 e. The average molecular weight is 412 g/mol. The van der Waals surface area contributed by atoms with E-state index in [-0.39, 0.29) is 6.42 Å². The van der Waals surface area contributed by atoms with Crippen LogP contribution in [-0.2, 0) is 12.0 Å². The van der Waals surface area contributed by atoms with Gasteiger partial charge in [-0.1, -0.05) is 18.2 Å². The molecule has 0 aliphatic rings. The molecule has 0 radical (unpaired) electrons. The van der Waals surface area contributed by atoms with Crippen molar-refractivity contribution >= 4 is 0 Å². The number of alkyl halides is 1. The molecule has 1 unspecified atom stereocenters. The van der Waals surface area contributed by atoms with Gasteiger partial charge in [-0.15, -0.1) is 0 Å². The molecule has 6 heteroatoms. The molecule has 1 heterocycles. The van der Waals surface area contributed by atoms with Crippen LogP contribution in [0.25, 0.3) is 5.69 Å². The number of ether oxygens (including phenoxy) is 1. The number of aromatic nitrogens is 2. The van der Waals surface area contributed by atoms with Gasteiger partial charge in [0.1, 0.15) is 17.0 Å². The predicted molar refractivity (Wildman–Crippen MR) is 117 cm³/mol. The Bertz CT molecular complexity index is 963.